The van der Waals surface area contributed by atoms with E-state index >= 15 is 0 Å². The van der Waals surface area contributed by atoms with Gasteiger partial charge in [-0.2, -0.15) is 0 Å². The molecule has 0 spiro atoms. The summed E-state index contributed by atoms with van der Waals surface area (Å²) in [5.74, 6) is -0.565. The largest absolute Gasteiger partial charge is 0.340 e. The van der Waals surface area contributed by atoms with Gasteiger partial charge in [-0.05, 0) is 24.6 Å². The van der Waals surface area contributed by atoms with Crippen molar-refractivity contribution in [3.05, 3.63) is 82.9 Å². The van der Waals surface area contributed by atoms with Gasteiger partial charge in [0.2, 0.25) is 5.91 Å². The number of benzene rings is 2. The second-order valence-electron chi connectivity index (χ2n) is 5.85. The molecule has 1 atom stereocenters. The van der Waals surface area contributed by atoms with Crippen LogP contribution in [0.4, 0.5) is 5.13 Å². The Kier molecular flexibility index (Phi) is 5.76. The smallest absolute Gasteiger partial charge is 0.251 e. The minimum atomic E-state index is -0.700. The lowest BCUT2D eigenvalue weighted by Gasteiger charge is -2.18. The molecule has 0 saturated carbocycles. The van der Waals surface area contributed by atoms with Crippen molar-refractivity contribution >= 4 is 28.3 Å². The third-order valence-electron chi connectivity index (χ3n) is 3.79. The first-order valence-corrected chi connectivity index (χ1v) is 9.06. The number of carbonyl (C=O) groups is 2. The van der Waals surface area contributed by atoms with Crippen molar-refractivity contribution in [2.24, 2.45) is 0 Å². The zero-order valence-electron chi connectivity index (χ0n) is 14.3. The predicted octanol–water partition coefficient (Wildman–Crippen LogP) is 3.43. The molecule has 2 amide bonds. The molecule has 26 heavy (non-hydrogen) atoms. The van der Waals surface area contributed by atoms with E-state index in [1.54, 1.807) is 30.5 Å². The summed E-state index contributed by atoms with van der Waals surface area (Å²) in [7, 11) is 0. The molecule has 0 fully saturated rings. The van der Waals surface area contributed by atoms with Crippen molar-refractivity contribution in [3.63, 3.8) is 0 Å². The van der Waals surface area contributed by atoms with E-state index in [1.165, 1.54) is 11.3 Å². The molecule has 1 aromatic heterocycles. The summed E-state index contributed by atoms with van der Waals surface area (Å²) in [6.07, 6.45) is 2.10. The Morgan fingerprint density at radius 1 is 1.04 bits per heavy atom. The Morgan fingerprint density at radius 3 is 2.31 bits per heavy atom. The number of aryl methyl sites for hydroxylation is 1. The molecule has 5 nitrogen and oxygen atoms in total. The molecule has 0 unspecified atom stereocenters. The van der Waals surface area contributed by atoms with Crippen molar-refractivity contribution in [2.75, 3.05) is 5.32 Å². The highest BCUT2D eigenvalue weighted by molar-refractivity contribution is 7.15. The Balaban J connectivity index is 1.76. The summed E-state index contributed by atoms with van der Waals surface area (Å²) < 4.78 is 0. The number of aromatic nitrogens is 1. The molecule has 1 heterocycles. The van der Waals surface area contributed by atoms with Crippen molar-refractivity contribution in [1.29, 1.82) is 0 Å². The topological polar surface area (TPSA) is 71.1 Å². The highest BCUT2D eigenvalue weighted by Gasteiger charge is 2.22. The molecule has 0 saturated heterocycles. The summed E-state index contributed by atoms with van der Waals surface area (Å²) in [5.41, 5.74) is 1.49. The van der Waals surface area contributed by atoms with E-state index in [0.29, 0.717) is 17.1 Å². The molecule has 0 bridgehead atoms. The summed E-state index contributed by atoms with van der Waals surface area (Å²) in [4.78, 5) is 30.4. The van der Waals surface area contributed by atoms with Crippen LogP contribution in [-0.4, -0.2) is 22.8 Å². The van der Waals surface area contributed by atoms with Gasteiger partial charge in [-0.25, -0.2) is 4.98 Å². The van der Waals surface area contributed by atoms with Gasteiger partial charge >= 0.3 is 0 Å². The van der Waals surface area contributed by atoms with E-state index < -0.39 is 6.04 Å². The lowest BCUT2D eigenvalue weighted by molar-refractivity contribution is -0.118. The average molecular weight is 365 g/mol. The molecular weight excluding hydrogens is 346 g/mol. The average Bonchev–Trinajstić information content (AvgIpc) is 3.07. The molecule has 0 aliphatic heterocycles. The van der Waals surface area contributed by atoms with Gasteiger partial charge in [0.1, 0.15) is 6.04 Å². The first-order valence-electron chi connectivity index (χ1n) is 8.25. The molecule has 0 aliphatic rings. The van der Waals surface area contributed by atoms with Gasteiger partial charge in [-0.15, -0.1) is 11.3 Å². The van der Waals surface area contributed by atoms with Crippen LogP contribution in [0.5, 0.6) is 0 Å². The minimum absolute atomic E-state index is 0.281. The third-order valence-corrected chi connectivity index (χ3v) is 4.62. The zero-order chi connectivity index (χ0) is 18.4. The maximum Gasteiger partial charge on any atom is 0.251 e. The molecule has 132 valence electrons. The van der Waals surface area contributed by atoms with E-state index in [2.05, 4.69) is 15.6 Å². The van der Waals surface area contributed by atoms with Crippen LogP contribution in [0.15, 0.2) is 66.9 Å². The van der Waals surface area contributed by atoms with Gasteiger partial charge < -0.3 is 10.6 Å². The van der Waals surface area contributed by atoms with E-state index in [0.717, 1.165) is 10.4 Å². The zero-order valence-corrected chi connectivity index (χ0v) is 15.1. The fourth-order valence-corrected chi connectivity index (χ4v) is 3.16. The van der Waals surface area contributed by atoms with Crippen LogP contribution in [-0.2, 0) is 11.2 Å². The van der Waals surface area contributed by atoms with Crippen LogP contribution in [0.2, 0.25) is 0 Å². The SMILES string of the molecule is Cc1cnc(NC(=O)[C@@H](Cc2ccccc2)NC(=O)c2ccccc2)s1. The Morgan fingerprint density at radius 2 is 1.69 bits per heavy atom. The van der Waals surface area contributed by atoms with E-state index in [1.807, 2.05) is 43.3 Å². The number of nitrogens with zero attached hydrogens (tertiary/aromatic N) is 1. The normalized spacial score (nSPS) is 11.6. The predicted molar refractivity (Wildman–Crippen MR) is 103 cm³/mol. The van der Waals surface area contributed by atoms with E-state index in [4.69, 9.17) is 0 Å². The molecule has 3 aromatic rings. The first-order chi connectivity index (χ1) is 12.6. The van der Waals surface area contributed by atoms with Crippen LogP contribution >= 0.6 is 11.3 Å². The number of thiazole rings is 1. The molecule has 2 aromatic carbocycles. The second-order valence-corrected chi connectivity index (χ2v) is 7.08. The lowest BCUT2D eigenvalue weighted by Crippen LogP contribution is -2.45. The number of hydrogen-bond donors (Lipinski definition) is 2. The van der Waals surface area contributed by atoms with E-state index in [-0.39, 0.29) is 11.8 Å². The standard InChI is InChI=1S/C20H19N3O2S/c1-14-13-21-20(26-14)23-19(25)17(12-15-8-4-2-5-9-15)22-18(24)16-10-6-3-7-11-16/h2-11,13,17H,12H2,1H3,(H,22,24)(H,21,23,25)/t17-/m1/s1. The van der Waals surface area contributed by atoms with Gasteiger partial charge in [0.25, 0.3) is 5.91 Å². The number of anilines is 1. The van der Waals surface area contributed by atoms with Crippen LogP contribution < -0.4 is 10.6 Å². The van der Waals surface area contributed by atoms with Gasteiger partial charge in [0, 0.05) is 23.1 Å². The molecule has 0 aliphatic carbocycles. The monoisotopic (exact) mass is 365 g/mol. The Hall–Kier alpha value is -2.99. The second kappa shape index (κ2) is 8.40. The Bertz CT molecular complexity index is 878. The number of hydrogen-bond acceptors (Lipinski definition) is 4. The van der Waals surface area contributed by atoms with Crippen molar-refractivity contribution in [3.8, 4) is 0 Å². The molecule has 3 rings (SSSR count). The number of rotatable bonds is 6. The maximum absolute atomic E-state index is 12.7. The summed E-state index contributed by atoms with van der Waals surface area (Å²) in [6.45, 7) is 1.92. The van der Waals surface area contributed by atoms with Crippen LogP contribution in [0, 0.1) is 6.92 Å². The number of carbonyl (C=O) groups excluding carboxylic acids is 2. The maximum atomic E-state index is 12.7. The van der Waals surface area contributed by atoms with Crippen molar-refractivity contribution in [2.45, 2.75) is 19.4 Å². The lowest BCUT2D eigenvalue weighted by atomic mass is 10.0. The fraction of sp³-hybridized carbons (Fsp3) is 0.150. The third kappa shape index (κ3) is 4.77. The first kappa shape index (κ1) is 17.8. The summed E-state index contributed by atoms with van der Waals surface area (Å²) >= 11 is 1.40. The van der Waals surface area contributed by atoms with Gasteiger partial charge in [-0.3, -0.25) is 9.59 Å². The quantitative estimate of drug-likeness (QED) is 0.703. The van der Waals surface area contributed by atoms with Gasteiger partial charge in [0.05, 0.1) is 0 Å². The van der Waals surface area contributed by atoms with Crippen LogP contribution in [0.25, 0.3) is 0 Å². The van der Waals surface area contributed by atoms with Crippen LogP contribution in [0.1, 0.15) is 20.8 Å². The summed E-state index contributed by atoms with van der Waals surface area (Å²) in [5, 5.41) is 6.16. The van der Waals surface area contributed by atoms with Gasteiger partial charge in [-0.1, -0.05) is 48.5 Å². The number of amides is 2. The Labute approximate surface area is 156 Å². The molecule has 6 heteroatoms. The molecular formula is C20H19N3O2S. The highest BCUT2D eigenvalue weighted by atomic mass is 32.1. The molecule has 0 radical (unpaired) electrons. The highest BCUT2D eigenvalue weighted by Crippen LogP contribution is 2.17. The number of nitrogens with one attached hydrogen (secondary N) is 2. The van der Waals surface area contributed by atoms with Crippen molar-refractivity contribution < 1.29 is 9.59 Å². The van der Waals surface area contributed by atoms with Crippen LogP contribution in [0.3, 0.4) is 0 Å². The summed E-state index contributed by atoms with van der Waals surface area (Å²) in [6, 6.07) is 17.8. The van der Waals surface area contributed by atoms with Gasteiger partial charge in [0.15, 0.2) is 5.13 Å². The minimum Gasteiger partial charge on any atom is -0.340 e. The fourth-order valence-electron chi connectivity index (χ4n) is 2.50. The van der Waals surface area contributed by atoms with E-state index in [9.17, 15) is 9.59 Å². The van der Waals surface area contributed by atoms with Crippen molar-refractivity contribution in [1.82, 2.24) is 10.3 Å². The molecule has 2 N–H and O–H groups in total.